The second-order valence-electron chi connectivity index (χ2n) is 4.04. The van der Waals surface area contributed by atoms with Gasteiger partial charge in [0, 0.05) is 6.54 Å². The Bertz CT molecular complexity index is 578. The smallest absolute Gasteiger partial charge is 0.335 e. The summed E-state index contributed by atoms with van der Waals surface area (Å²) in [6.45, 7) is 2.75. The molecule has 4 N–H and O–H groups in total. The third-order valence-electron chi connectivity index (χ3n) is 2.73. The van der Waals surface area contributed by atoms with Crippen molar-refractivity contribution in [3.8, 4) is 0 Å². The molecular formula is C13H14N2O2S. The Morgan fingerprint density at radius 2 is 2.22 bits per heavy atom. The van der Waals surface area contributed by atoms with Crippen molar-refractivity contribution in [2.45, 2.75) is 13.5 Å². The molecule has 94 valence electrons. The Hall–Kier alpha value is -2.01. The van der Waals surface area contributed by atoms with E-state index in [0.29, 0.717) is 12.2 Å². The highest BCUT2D eigenvalue weighted by atomic mass is 32.1. The molecule has 0 unspecified atom stereocenters. The van der Waals surface area contributed by atoms with E-state index in [2.05, 4.69) is 23.0 Å². The molecule has 0 atom stereocenters. The average Bonchev–Trinajstić information content (AvgIpc) is 2.73. The molecule has 2 aromatic rings. The topological polar surface area (TPSA) is 75.3 Å². The van der Waals surface area contributed by atoms with Gasteiger partial charge in [0.1, 0.15) is 0 Å². The number of aromatic carboxylic acids is 1. The molecule has 1 aromatic heterocycles. The van der Waals surface area contributed by atoms with Crippen LogP contribution in [0.5, 0.6) is 0 Å². The Balaban J connectivity index is 2.11. The van der Waals surface area contributed by atoms with Crippen LogP contribution in [0.3, 0.4) is 0 Å². The second-order valence-corrected chi connectivity index (χ2v) is 4.78. The van der Waals surface area contributed by atoms with Crippen LogP contribution in [0.1, 0.15) is 21.5 Å². The van der Waals surface area contributed by atoms with Crippen LogP contribution < -0.4 is 11.1 Å². The molecule has 0 spiro atoms. The number of aryl methyl sites for hydroxylation is 1. The number of carboxylic acid groups (broad SMARTS) is 1. The van der Waals surface area contributed by atoms with E-state index < -0.39 is 5.97 Å². The van der Waals surface area contributed by atoms with Crippen LogP contribution >= 0.6 is 11.3 Å². The summed E-state index contributed by atoms with van der Waals surface area (Å²) in [5.74, 6) is -0.970. The van der Waals surface area contributed by atoms with E-state index in [1.54, 1.807) is 23.5 Å². The lowest BCUT2D eigenvalue weighted by Crippen LogP contribution is -2.04. The number of nitrogen functional groups attached to an aromatic ring is 1. The highest BCUT2D eigenvalue weighted by Gasteiger charge is 2.06. The number of benzene rings is 1. The predicted molar refractivity (Wildman–Crippen MR) is 74.2 cm³/mol. The van der Waals surface area contributed by atoms with Gasteiger partial charge in [-0.15, -0.1) is 0 Å². The first-order valence-corrected chi connectivity index (χ1v) is 6.40. The van der Waals surface area contributed by atoms with Crippen LogP contribution in [-0.4, -0.2) is 11.1 Å². The number of carboxylic acids is 1. The number of nitrogens with two attached hydrogens (primary N) is 1. The van der Waals surface area contributed by atoms with Gasteiger partial charge in [0.15, 0.2) is 0 Å². The Morgan fingerprint density at radius 3 is 2.78 bits per heavy atom. The molecule has 0 saturated heterocycles. The minimum Gasteiger partial charge on any atom is -0.478 e. The molecule has 0 fully saturated rings. The molecule has 0 aliphatic carbocycles. The van der Waals surface area contributed by atoms with Crippen LogP contribution in [0.2, 0.25) is 0 Å². The maximum Gasteiger partial charge on any atom is 0.335 e. The summed E-state index contributed by atoms with van der Waals surface area (Å²) in [6, 6.07) is 4.70. The van der Waals surface area contributed by atoms with Gasteiger partial charge in [-0.25, -0.2) is 4.79 Å². The van der Waals surface area contributed by atoms with Gasteiger partial charge in [0.2, 0.25) is 0 Å². The molecule has 0 aliphatic rings. The molecule has 18 heavy (non-hydrogen) atoms. The van der Waals surface area contributed by atoms with Crippen molar-refractivity contribution >= 4 is 28.7 Å². The van der Waals surface area contributed by atoms with E-state index in [4.69, 9.17) is 10.8 Å². The highest BCUT2D eigenvalue weighted by molar-refractivity contribution is 7.08. The van der Waals surface area contributed by atoms with Crippen LogP contribution in [0.15, 0.2) is 29.0 Å². The first-order valence-electron chi connectivity index (χ1n) is 5.46. The monoisotopic (exact) mass is 262 g/mol. The van der Waals surface area contributed by atoms with E-state index in [1.165, 1.54) is 17.2 Å². The SMILES string of the molecule is Cc1cscc1CNc1ccc(C(=O)O)cc1N. The van der Waals surface area contributed by atoms with Gasteiger partial charge in [-0.2, -0.15) is 11.3 Å². The zero-order valence-corrected chi connectivity index (χ0v) is 10.8. The van der Waals surface area contributed by atoms with Crippen LogP contribution in [0.25, 0.3) is 0 Å². The minimum absolute atomic E-state index is 0.199. The van der Waals surface area contributed by atoms with Crippen molar-refractivity contribution in [2.75, 3.05) is 11.1 Å². The Morgan fingerprint density at radius 1 is 1.44 bits per heavy atom. The van der Waals surface area contributed by atoms with Crippen LogP contribution in [-0.2, 0) is 6.54 Å². The number of carbonyl (C=O) groups is 1. The maximum atomic E-state index is 10.8. The standard InChI is InChI=1S/C13H14N2O2S/c1-8-6-18-7-10(8)5-15-12-3-2-9(13(16)17)4-11(12)14/h2-4,6-7,15H,5,14H2,1H3,(H,16,17). The molecular weight excluding hydrogens is 248 g/mol. The normalized spacial score (nSPS) is 10.3. The van der Waals surface area contributed by atoms with E-state index in [9.17, 15) is 4.79 Å². The summed E-state index contributed by atoms with van der Waals surface area (Å²) in [4.78, 5) is 10.8. The minimum atomic E-state index is -0.970. The average molecular weight is 262 g/mol. The van der Waals surface area contributed by atoms with Crippen molar-refractivity contribution in [1.82, 2.24) is 0 Å². The Kier molecular flexibility index (Phi) is 3.53. The van der Waals surface area contributed by atoms with Gasteiger partial charge in [-0.05, 0) is 47.0 Å². The second kappa shape index (κ2) is 5.10. The van der Waals surface area contributed by atoms with E-state index in [0.717, 1.165) is 5.69 Å². The van der Waals surface area contributed by atoms with Gasteiger partial charge in [-0.1, -0.05) is 0 Å². The number of hydrogen-bond donors (Lipinski definition) is 3. The van der Waals surface area contributed by atoms with E-state index in [-0.39, 0.29) is 5.56 Å². The molecule has 0 bridgehead atoms. The number of rotatable bonds is 4. The van der Waals surface area contributed by atoms with Crippen LogP contribution in [0.4, 0.5) is 11.4 Å². The Labute approximate surface area is 109 Å². The van der Waals surface area contributed by atoms with Gasteiger partial charge >= 0.3 is 5.97 Å². The van der Waals surface area contributed by atoms with Gasteiger partial charge in [-0.3, -0.25) is 0 Å². The first kappa shape index (κ1) is 12.4. The van der Waals surface area contributed by atoms with Gasteiger partial charge in [0.05, 0.1) is 16.9 Å². The lowest BCUT2D eigenvalue weighted by molar-refractivity contribution is 0.0697. The first-order chi connectivity index (χ1) is 8.58. The van der Waals surface area contributed by atoms with E-state index >= 15 is 0 Å². The third-order valence-corrected chi connectivity index (χ3v) is 3.64. The van der Waals surface area contributed by atoms with Crippen LogP contribution in [0, 0.1) is 6.92 Å². The summed E-state index contributed by atoms with van der Waals surface area (Å²) in [7, 11) is 0. The fourth-order valence-corrected chi connectivity index (χ4v) is 2.47. The zero-order chi connectivity index (χ0) is 13.1. The molecule has 1 heterocycles. The molecule has 0 amide bonds. The molecule has 0 radical (unpaired) electrons. The number of hydrogen-bond acceptors (Lipinski definition) is 4. The quantitative estimate of drug-likeness (QED) is 0.740. The van der Waals surface area contributed by atoms with Crippen molar-refractivity contribution in [1.29, 1.82) is 0 Å². The van der Waals surface area contributed by atoms with Gasteiger partial charge < -0.3 is 16.2 Å². The lowest BCUT2D eigenvalue weighted by Gasteiger charge is -2.09. The van der Waals surface area contributed by atoms with E-state index in [1.807, 2.05) is 0 Å². The maximum absolute atomic E-state index is 10.8. The molecule has 1 aromatic carbocycles. The number of anilines is 2. The highest BCUT2D eigenvalue weighted by Crippen LogP contribution is 2.22. The third kappa shape index (κ3) is 2.62. The summed E-state index contributed by atoms with van der Waals surface area (Å²) in [6.07, 6.45) is 0. The van der Waals surface area contributed by atoms with Gasteiger partial charge in [0.25, 0.3) is 0 Å². The van der Waals surface area contributed by atoms with Crippen molar-refractivity contribution in [3.05, 3.63) is 45.6 Å². The molecule has 0 aliphatic heterocycles. The zero-order valence-electron chi connectivity index (χ0n) is 9.93. The van der Waals surface area contributed by atoms with Crippen molar-refractivity contribution in [2.24, 2.45) is 0 Å². The summed E-state index contributed by atoms with van der Waals surface area (Å²) >= 11 is 1.66. The predicted octanol–water partition coefficient (Wildman–Crippen LogP) is 2.95. The van der Waals surface area contributed by atoms with Crippen molar-refractivity contribution in [3.63, 3.8) is 0 Å². The van der Waals surface area contributed by atoms with Crippen molar-refractivity contribution < 1.29 is 9.90 Å². The lowest BCUT2D eigenvalue weighted by atomic mass is 10.1. The largest absolute Gasteiger partial charge is 0.478 e. The summed E-state index contributed by atoms with van der Waals surface area (Å²) < 4.78 is 0. The molecule has 0 saturated carbocycles. The fraction of sp³-hybridized carbons (Fsp3) is 0.154. The number of nitrogens with one attached hydrogen (secondary N) is 1. The summed E-state index contributed by atoms with van der Waals surface area (Å²) in [5, 5.41) is 16.2. The molecule has 5 heteroatoms. The fourth-order valence-electron chi connectivity index (χ4n) is 1.62. The molecule has 2 rings (SSSR count). The molecule has 4 nitrogen and oxygen atoms in total. The number of thiophene rings is 1. The summed E-state index contributed by atoms with van der Waals surface area (Å²) in [5.41, 5.74) is 9.68.